The Morgan fingerprint density at radius 3 is 2.36 bits per heavy atom. The number of rotatable bonds is 6. The molecule has 1 atom stereocenters. The lowest BCUT2D eigenvalue weighted by Gasteiger charge is -2.20. The van der Waals surface area contributed by atoms with Crippen LogP contribution in [0.5, 0.6) is 0 Å². The highest BCUT2D eigenvalue weighted by Crippen LogP contribution is 2.13. The summed E-state index contributed by atoms with van der Waals surface area (Å²) in [6, 6.07) is -0.0930. The van der Waals surface area contributed by atoms with Crippen LogP contribution in [-0.4, -0.2) is 35.3 Å². The normalized spacial score (nSPS) is 17.0. The van der Waals surface area contributed by atoms with Gasteiger partial charge in [0.2, 0.25) is 10.0 Å². The van der Waals surface area contributed by atoms with Crippen LogP contribution in [0.1, 0.15) is 27.2 Å². The molecule has 14 heavy (non-hydrogen) atoms. The molecule has 0 bridgehead atoms. The molecule has 0 spiro atoms. The molecule has 4 nitrogen and oxygen atoms in total. The molecule has 0 fully saturated rings. The van der Waals surface area contributed by atoms with Gasteiger partial charge in [0, 0.05) is 10.5 Å². The molecule has 0 saturated heterocycles. The van der Waals surface area contributed by atoms with Gasteiger partial charge in [0.05, 0.1) is 11.4 Å². The molecule has 0 rings (SSSR count). The fraction of sp³-hybridized carbons (Fsp3) is 1.00. The molecule has 0 heterocycles. The standard InChI is InChI=1S/C8H18INO3S/c1-7(2)10-14(12,13)5-4-8(3,11)6-9/h7,10-11H,4-6H2,1-3H3. The third-order valence-corrected chi connectivity index (χ3v) is 4.83. The molecule has 0 aromatic carbocycles. The van der Waals surface area contributed by atoms with Crippen LogP contribution in [0.3, 0.4) is 0 Å². The summed E-state index contributed by atoms with van der Waals surface area (Å²) in [6.07, 6.45) is 0.262. The summed E-state index contributed by atoms with van der Waals surface area (Å²) < 4.78 is 25.8. The van der Waals surface area contributed by atoms with Crippen LogP contribution >= 0.6 is 22.6 Å². The number of sulfonamides is 1. The van der Waals surface area contributed by atoms with Crippen molar-refractivity contribution in [3.05, 3.63) is 0 Å². The van der Waals surface area contributed by atoms with Crippen molar-refractivity contribution in [3.8, 4) is 0 Å². The van der Waals surface area contributed by atoms with Gasteiger partial charge in [-0.2, -0.15) is 0 Å². The molecule has 0 aromatic rings. The van der Waals surface area contributed by atoms with E-state index in [9.17, 15) is 13.5 Å². The second kappa shape index (κ2) is 5.62. The highest BCUT2D eigenvalue weighted by atomic mass is 127. The predicted octanol–water partition coefficient (Wildman–Crippen LogP) is 0.890. The summed E-state index contributed by atoms with van der Waals surface area (Å²) in [4.78, 5) is 0. The topological polar surface area (TPSA) is 66.4 Å². The first-order valence-electron chi connectivity index (χ1n) is 4.47. The van der Waals surface area contributed by atoms with Crippen LogP contribution in [0.4, 0.5) is 0 Å². The molecule has 0 aromatic heterocycles. The summed E-state index contributed by atoms with van der Waals surface area (Å²) in [5.74, 6) is -0.0266. The zero-order chi connectivity index (χ0) is 11.4. The van der Waals surface area contributed by atoms with Crippen LogP contribution in [-0.2, 0) is 10.0 Å². The van der Waals surface area contributed by atoms with Gasteiger partial charge in [-0.3, -0.25) is 0 Å². The van der Waals surface area contributed by atoms with E-state index in [0.29, 0.717) is 4.43 Å². The number of alkyl halides is 1. The van der Waals surface area contributed by atoms with Crippen molar-refractivity contribution in [1.29, 1.82) is 0 Å². The first-order valence-corrected chi connectivity index (χ1v) is 7.65. The maximum absolute atomic E-state index is 11.4. The smallest absolute Gasteiger partial charge is 0.211 e. The van der Waals surface area contributed by atoms with Gasteiger partial charge in [-0.25, -0.2) is 13.1 Å². The van der Waals surface area contributed by atoms with Crippen molar-refractivity contribution >= 4 is 32.6 Å². The van der Waals surface area contributed by atoms with Gasteiger partial charge in [0.25, 0.3) is 0 Å². The van der Waals surface area contributed by atoms with Gasteiger partial charge >= 0.3 is 0 Å². The summed E-state index contributed by atoms with van der Waals surface area (Å²) in [7, 11) is -3.24. The van der Waals surface area contributed by atoms with Crippen LogP contribution in [0, 0.1) is 0 Å². The number of aliphatic hydroxyl groups is 1. The largest absolute Gasteiger partial charge is 0.389 e. The lowest BCUT2D eigenvalue weighted by Crippen LogP contribution is -2.36. The lowest BCUT2D eigenvalue weighted by molar-refractivity contribution is 0.0853. The van der Waals surface area contributed by atoms with Crippen molar-refractivity contribution in [1.82, 2.24) is 4.72 Å². The minimum atomic E-state index is -3.24. The van der Waals surface area contributed by atoms with Gasteiger partial charge in [0.15, 0.2) is 0 Å². The Kier molecular flexibility index (Phi) is 5.86. The van der Waals surface area contributed by atoms with Gasteiger partial charge in [-0.15, -0.1) is 0 Å². The molecule has 0 saturated carbocycles. The third kappa shape index (κ3) is 6.97. The van der Waals surface area contributed by atoms with Crippen molar-refractivity contribution in [3.63, 3.8) is 0 Å². The SMILES string of the molecule is CC(C)NS(=O)(=O)CCC(C)(O)CI. The summed E-state index contributed by atoms with van der Waals surface area (Å²) in [5.41, 5.74) is -0.897. The monoisotopic (exact) mass is 335 g/mol. The second-order valence-corrected chi connectivity index (χ2v) is 6.61. The Hall–Kier alpha value is 0.600. The average Bonchev–Trinajstić information content (AvgIpc) is 1.99. The second-order valence-electron chi connectivity index (χ2n) is 3.97. The Labute approximate surface area is 99.7 Å². The van der Waals surface area contributed by atoms with Gasteiger partial charge in [0.1, 0.15) is 0 Å². The first-order chi connectivity index (χ1) is 6.18. The summed E-state index contributed by atoms with van der Waals surface area (Å²) in [5, 5.41) is 9.62. The van der Waals surface area contributed by atoms with E-state index >= 15 is 0 Å². The molecule has 6 heteroatoms. The van der Waals surface area contributed by atoms with Crippen LogP contribution in [0.2, 0.25) is 0 Å². The average molecular weight is 335 g/mol. The molecule has 0 amide bonds. The Bertz CT molecular complexity index is 262. The lowest BCUT2D eigenvalue weighted by atomic mass is 10.1. The first kappa shape index (κ1) is 14.6. The van der Waals surface area contributed by atoms with Crippen LogP contribution in [0.15, 0.2) is 0 Å². The van der Waals surface area contributed by atoms with Crippen LogP contribution < -0.4 is 4.72 Å². The van der Waals surface area contributed by atoms with E-state index in [1.165, 1.54) is 0 Å². The maximum Gasteiger partial charge on any atom is 0.211 e. The number of hydrogen-bond donors (Lipinski definition) is 2. The quantitative estimate of drug-likeness (QED) is 0.560. The number of hydrogen-bond acceptors (Lipinski definition) is 3. The van der Waals surface area contributed by atoms with E-state index in [4.69, 9.17) is 0 Å². The molecule has 86 valence electrons. The zero-order valence-electron chi connectivity index (χ0n) is 8.75. The number of halogens is 1. The minimum absolute atomic E-state index is 0.0266. The van der Waals surface area contributed by atoms with Crippen molar-refractivity contribution in [2.24, 2.45) is 0 Å². The fourth-order valence-corrected chi connectivity index (χ4v) is 2.77. The molecule has 2 N–H and O–H groups in total. The van der Waals surface area contributed by atoms with E-state index in [-0.39, 0.29) is 18.2 Å². The molecule has 1 unspecified atom stereocenters. The van der Waals surface area contributed by atoms with E-state index in [1.807, 2.05) is 22.6 Å². The Morgan fingerprint density at radius 1 is 1.50 bits per heavy atom. The van der Waals surface area contributed by atoms with E-state index in [1.54, 1.807) is 20.8 Å². The fourth-order valence-electron chi connectivity index (χ4n) is 0.839. The third-order valence-electron chi connectivity index (χ3n) is 1.61. The summed E-state index contributed by atoms with van der Waals surface area (Å²) in [6.45, 7) is 5.19. The highest BCUT2D eigenvalue weighted by Gasteiger charge is 2.22. The van der Waals surface area contributed by atoms with Crippen LogP contribution in [0.25, 0.3) is 0 Å². The molecule has 0 aliphatic carbocycles. The molecule has 0 radical (unpaired) electrons. The van der Waals surface area contributed by atoms with Crippen molar-refractivity contribution in [2.45, 2.75) is 38.8 Å². The maximum atomic E-state index is 11.4. The minimum Gasteiger partial charge on any atom is -0.389 e. The highest BCUT2D eigenvalue weighted by molar-refractivity contribution is 14.1. The zero-order valence-corrected chi connectivity index (χ0v) is 11.7. The van der Waals surface area contributed by atoms with Crippen molar-refractivity contribution < 1.29 is 13.5 Å². The van der Waals surface area contributed by atoms with Gasteiger partial charge in [-0.1, -0.05) is 22.6 Å². The summed E-state index contributed by atoms with van der Waals surface area (Å²) >= 11 is 2.04. The predicted molar refractivity (Wildman–Crippen MR) is 66.2 cm³/mol. The molecular weight excluding hydrogens is 317 g/mol. The van der Waals surface area contributed by atoms with E-state index < -0.39 is 15.6 Å². The molecule has 0 aliphatic heterocycles. The molecular formula is C8H18INO3S. The van der Waals surface area contributed by atoms with E-state index in [0.717, 1.165) is 0 Å². The van der Waals surface area contributed by atoms with E-state index in [2.05, 4.69) is 4.72 Å². The van der Waals surface area contributed by atoms with Crippen molar-refractivity contribution in [2.75, 3.05) is 10.2 Å². The van der Waals surface area contributed by atoms with Gasteiger partial charge in [-0.05, 0) is 27.2 Å². The molecule has 0 aliphatic rings. The number of nitrogens with one attached hydrogen (secondary N) is 1. The van der Waals surface area contributed by atoms with Gasteiger partial charge < -0.3 is 5.11 Å². The Morgan fingerprint density at radius 2 is 2.00 bits per heavy atom. The Balaban J connectivity index is 4.13.